The van der Waals surface area contributed by atoms with Crippen LogP contribution in [0.1, 0.15) is 22.5 Å². The van der Waals surface area contributed by atoms with E-state index in [-0.39, 0.29) is 12.4 Å². The molecule has 0 radical (unpaired) electrons. The second-order valence-corrected chi connectivity index (χ2v) is 9.81. The van der Waals surface area contributed by atoms with Crippen LogP contribution in [-0.2, 0) is 21.4 Å². The molecule has 1 saturated heterocycles. The number of thiazole rings is 1. The highest BCUT2D eigenvalue weighted by atomic mass is 32.2. The van der Waals surface area contributed by atoms with E-state index in [0.29, 0.717) is 29.9 Å². The van der Waals surface area contributed by atoms with Crippen molar-refractivity contribution in [3.8, 4) is 9.88 Å². The van der Waals surface area contributed by atoms with Crippen LogP contribution in [0, 0.1) is 0 Å². The second-order valence-electron chi connectivity index (χ2n) is 5.99. The molecule has 3 aromatic rings. The fourth-order valence-electron chi connectivity index (χ4n) is 2.83. The van der Waals surface area contributed by atoms with Crippen LogP contribution in [0.3, 0.4) is 0 Å². The van der Waals surface area contributed by atoms with E-state index in [1.807, 2.05) is 22.9 Å². The monoisotopic (exact) mass is 420 g/mol. The topological polar surface area (TPSA) is 76.6 Å². The summed E-state index contributed by atoms with van der Waals surface area (Å²) in [5.41, 5.74) is 1.51. The van der Waals surface area contributed by atoms with Gasteiger partial charge in [0.05, 0.1) is 27.6 Å². The lowest BCUT2D eigenvalue weighted by Gasteiger charge is -2.17. The number of hydrogen-bond acceptors (Lipinski definition) is 7. The largest absolute Gasteiger partial charge is 0.456 e. The zero-order valence-corrected chi connectivity index (χ0v) is 16.6. The van der Waals surface area contributed by atoms with Crippen LogP contribution >= 0.6 is 22.7 Å². The van der Waals surface area contributed by atoms with Gasteiger partial charge in [0.25, 0.3) is 0 Å². The minimum absolute atomic E-state index is 0.0763. The fourth-order valence-corrected chi connectivity index (χ4v) is 6.00. The van der Waals surface area contributed by atoms with Gasteiger partial charge in [0.2, 0.25) is 10.0 Å². The quantitative estimate of drug-likeness (QED) is 0.587. The first-order valence-electron chi connectivity index (χ1n) is 8.29. The van der Waals surface area contributed by atoms with E-state index in [1.54, 1.807) is 35.6 Å². The Labute approximate surface area is 165 Å². The van der Waals surface area contributed by atoms with Crippen LogP contribution in [0.25, 0.3) is 9.88 Å². The predicted molar refractivity (Wildman–Crippen MR) is 107 cm³/mol. The summed E-state index contributed by atoms with van der Waals surface area (Å²) < 4.78 is 30.8. The molecule has 3 heterocycles. The average Bonchev–Trinajstić information content (AvgIpc) is 3.40. The maximum Gasteiger partial charge on any atom is 0.338 e. The molecule has 6 nitrogen and oxygen atoms in total. The van der Waals surface area contributed by atoms with Gasteiger partial charge in [0, 0.05) is 11.9 Å². The highest BCUT2D eigenvalue weighted by Gasteiger charge is 2.28. The minimum Gasteiger partial charge on any atom is -0.456 e. The summed E-state index contributed by atoms with van der Waals surface area (Å²) in [4.78, 5) is 17.9. The summed E-state index contributed by atoms with van der Waals surface area (Å²) in [7, 11) is -3.28. The van der Waals surface area contributed by atoms with Gasteiger partial charge < -0.3 is 4.74 Å². The summed E-state index contributed by atoms with van der Waals surface area (Å²) in [6, 6.07) is 10.5. The Morgan fingerprint density at radius 3 is 2.85 bits per heavy atom. The molecule has 0 amide bonds. The third-order valence-corrected chi connectivity index (χ3v) is 7.90. The highest BCUT2D eigenvalue weighted by Crippen LogP contribution is 2.28. The molecular formula is C18H16N2O4S3. The van der Waals surface area contributed by atoms with Crippen molar-refractivity contribution in [3.05, 3.63) is 58.4 Å². The summed E-state index contributed by atoms with van der Waals surface area (Å²) in [5, 5.41) is 4.76. The lowest BCUT2D eigenvalue weighted by molar-refractivity contribution is 0.0468. The third-order valence-electron chi connectivity index (χ3n) is 4.10. The lowest BCUT2D eigenvalue weighted by atomic mass is 10.2. The smallest absolute Gasteiger partial charge is 0.338 e. The molecule has 4 rings (SSSR count). The maximum absolute atomic E-state index is 12.4. The molecular weight excluding hydrogens is 404 g/mol. The first-order valence-corrected chi connectivity index (χ1v) is 11.7. The number of carbonyl (C=O) groups is 1. The molecule has 0 atom stereocenters. The van der Waals surface area contributed by atoms with Gasteiger partial charge in [-0.25, -0.2) is 18.2 Å². The van der Waals surface area contributed by atoms with Crippen molar-refractivity contribution in [1.82, 2.24) is 4.98 Å². The number of nitrogens with zero attached hydrogens (tertiary/aromatic N) is 2. The number of hydrogen-bond donors (Lipinski definition) is 0. The van der Waals surface area contributed by atoms with Crippen molar-refractivity contribution in [1.29, 1.82) is 0 Å². The number of carbonyl (C=O) groups excluding carboxylic acids is 1. The molecule has 2 aromatic heterocycles. The number of esters is 1. The Hall–Kier alpha value is -2.23. The Morgan fingerprint density at radius 1 is 1.22 bits per heavy atom. The van der Waals surface area contributed by atoms with E-state index in [2.05, 4.69) is 4.98 Å². The van der Waals surface area contributed by atoms with E-state index >= 15 is 0 Å². The number of aromatic nitrogens is 1. The van der Waals surface area contributed by atoms with Gasteiger partial charge in [-0.05, 0) is 36.1 Å². The molecule has 0 N–H and O–H groups in total. The van der Waals surface area contributed by atoms with Crippen molar-refractivity contribution < 1.29 is 17.9 Å². The zero-order valence-electron chi connectivity index (χ0n) is 14.2. The molecule has 9 heteroatoms. The first kappa shape index (κ1) is 18.1. The van der Waals surface area contributed by atoms with Crippen LogP contribution in [0.15, 0.2) is 47.2 Å². The molecule has 1 aromatic carbocycles. The Morgan fingerprint density at radius 2 is 2.11 bits per heavy atom. The molecule has 0 aliphatic carbocycles. The van der Waals surface area contributed by atoms with Gasteiger partial charge in [-0.3, -0.25) is 4.31 Å². The normalized spacial score (nSPS) is 15.8. The molecule has 1 aliphatic heterocycles. The number of ether oxygens (including phenoxy) is 1. The number of thiophene rings is 1. The minimum atomic E-state index is -3.28. The van der Waals surface area contributed by atoms with Gasteiger partial charge in [-0.1, -0.05) is 12.1 Å². The SMILES string of the molecule is O=C(OCc1csc(-c2cccs2)n1)c1cccc(N2CCCS2(=O)=O)c1. The molecule has 0 spiro atoms. The van der Waals surface area contributed by atoms with Crippen LogP contribution in [0.4, 0.5) is 5.69 Å². The molecule has 0 unspecified atom stereocenters. The maximum atomic E-state index is 12.4. The van der Waals surface area contributed by atoms with Crippen molar-refractivity contribution in [2.24, 2.45) is 0 Å². The highest BCUT2D eigenvalue weighted by molar-refractivity contribution is 7.93. The summed E-state index contributed by atoms with van der Waals surface area (Å²) in [6.45, 7) is 0.512. The van der Waals surface area contributed by atoms with Crippen LogP contribution in [-0.4, -0.2) is 31.7 Å². The predicted octanol–water partition coefficient (Wildman–Crippen LogP) is 3.77. The van der Waals surface area contributed by atoms with Gasteiger partial charge in [0.15, 0.2) is 0 Å². The van der Waals surface area contributed by atoms with E-state index in [1.165, 1.54) is 15.6 Å². The molecule has 27 heavy (non-hydrogen) atoms. The number of anilines is 1. The van der Waals surface area contributed by atoms with Gasteiger partial charge in [-0.2, -0.15) is 0 Å². The number of sulfonamides is 1. The van der Waals surface area contributed by atoms with Gasteiger partial charge in [0.1, 0.15) is 11.6 Å². The van der Waals surface area contributed by atoms with Crippen molar-refractivity contribution in [3.63, 3.8) is 0 Å². The van der Waals surface area contributed by atoms with Gasteiger partial charge >= 0.3 is 5.97 Å². The number of benzene rings is 1. The molecule has 0 bridgehead atoms. The first-order chi connectivity index (χ1) is 13.0. The Bertz CT molecular complexity index is 1060. The van der Waals surface area contributed by atoms with E-state index < -0.39 is 16.0 Å². The third kappa shape index (κ3) is 3.90. The summed E-state index contributed by atoms with van der Waals surface area (Å²) >= 11 is 3.12. The Kier molecular flexibility index (Phi) is 4.98. The zero-order chi connectivity index (χ0) is 18.9. The average molecular weight is 421 g/mol. The van der Waals surface area contributed by atoms with Crippen molar-refractivity contribution in [2.75, 3.05) is 16.6 Å². The van der Waals surface area contributed by atoms with Crippen LogP contribution in [0.2, 0.25) is 0 Å². The molecule has 1 aliphatic rings. The van der Waals surface area contributed by atoms with Crippen molar-refractivity contribution >= 4 is 44.4 Å². The summed E-state index contributed by atoms with van der Waals surface area (Å²) in [5.74, 6) is -0.364. The van der Waals surface area contributed by atoms with Crippen molar-refractivity contribution in [2.45, 2.75) is 13.0 Å². The van der Waals surface area contributed by atoms with E-state index in [9.17, 15) is 13.2 Å². The standard InChI is InChI=1S/C18H16N2O4S3/c21-18(24-11-14-12-26-17(19-14)16-6-2-8-25-16)13-4-1-5-15(10-13)20-7-3-9-27(20,22)23/h1-2,4-6,8,10,12H,3,7,9,11H2. The molecule has 1 fully saturated rings. The Balaban J connectivity index is 1.44. The summed E-state index contributed by atoms with van der Waals surface area (Å²) in [6.07, 6.45) is 0.591. The van der Waals surface area contributed by atoms with Crippen LogP contribution in [0.5, 0.6) is 0 Å². The van der Waals surface area contributed by atoms with E-state index in [4.69, 9.17) is 4.74 Å². The van der Waals surface area contributed by atoms with Crippen LogP contribution < -0.4 is 4.31 Å². The number of rotatable bonds is 5. The molecule has 0 saturated carbocycles. The molecule has 140 valence electrons. The van der Waals surface area contributed by atoms with E-state index in [0.717, 1.165) is 9.88 Å². The van der Waals surface area contributed by atoms with Gasteiger partial charge in [-0.15, -0.1) is 22.7 Å². The fraction of sp³-hybridized carbons (Fsp3) is 0.222. The lowest BCUT2D eigenvalue weighted by Crippen LogP contribution is -2.25. The second kappa shape index (κ2) is 7.41.